The topological polar surface area (TPSA) is 18.5 Å². The maximum Gasteiger partial charge on any atom is 0.168 e. The van der Waals surface area contributed by atoms with Gasteiger partial charge < -0.3 is 9.47 Å². The molecule has 2 nitrogen and oxygen atoms in total. The van der Waals surface area contributed by atoms with Crippen LogP contribution >= 0.6 is 0 Å². The third kappa shape index (κ3) is 24.7. The van der Waals surface area contributed by atoms with Gasteiger partial charge in [0.15, 0.2) is 5.79 Å². The van der Waals surface area contributed by atoms with Crippen LogP contribution in [0.5, 0.6) is 0 Å². The average Bonchev–Trinajstić information content (AvgIpc) is 3.68. The first kappa shape index (κ1) is 34.9. The zero-order chi connectivity index (χ0) is 26.5. The predicted molar refractivity (Wildman–Crippen MR) is 164 cm³/mol. The molecule has 0 atom stereocenters. The van der Waals surface area contributed by atoms with Gasteiger partial charge in [-0.05, 0) is 12.8 Å². The molecule has 0 heterocycles. The van der Waals surface area contributed by atoms with Gasteiger partial charge in [0.05, 0.1) is 13.2 Å². The van der Waals surface area contributed by atoms with Crippen molar-refractivity contribution >= 4 is 0 Å². The van der Waals surface area contributed by atoms with Crippen molar-refractivity contribution in [3.63, 3.8) is 0 Å². The molecule has 1 aliphatic carbocycles. The summed E-state index contributed by atoms with van der Waals surface area (Å²) in [5.74, 6) is -0.174. The van der Waals surface area contributed by atoms with E-state index in [9.17, 15) is 0 Å². The molecule has 37 heavy (non-hydrogen) atoms. The van der Waals surface area contributed by atoms with E-state index >= 15 is 0 Å². The van der Waals surface area contributed by atoms with Crippen molar-refractivity contribution in [1.29, 1.82) is 0 Å². The highest BCUT2D eigenvalue weighted by Gasteiger charge is 2.45. The van der Waals surface area contributed by atoms with Crippen molar-refractivity contribution in [2.24, 2.45) is 0 Å². The first-order valence-electron chi connectivity index (χ1n) is 17.6. The van der Waals surface area contributed by atoms with Gasteiger partial charge in [0, 0.05) is 12.8 Å². The van der Waals surface area contributed by atoms with Crippen LogP contribution in [-0.2, 0) is 9.47 Å². The van der Waals surface area contributed by atoms with Crippen LogP contribution in [0, 0.1) is 0 Å². The van der Waals surface area contributed by atoms with E-state index in [-0.39, 0.29) is 5.79 Å². The fraction of sp³-hybridized carbons (Fsp3) is 1.00. The van der Waals surface area contributed by atoms with Crippen molar-refractivity contribution in [3.8, 4) is 0 Å². The fourth-order valence-corrected chi connectivity index (χ4v) is 5.54. The molecule has 0 saturated heterocycles. The molecule has 0 spiro atoms. The molecule has 0 aromatic heterocycles. The van der Waals surface area contributed by atoms with E-state index in [1.165, 1.54) is 180 Å². The third-order valence-corrected chi connectivity index (χ3v) is 8.38. The minimum Gasteiger partial charge on any atom is -0.350 e. The summed E-state index contributed by atoms with van der Waals surface area (Å²) in [7, 11) is 0. The zero-order valence-corrected chi connectivity index (χ0v) is 25.9. The predicted octanol–water partition coefficient (Wildman–Crippen LogP) is 12.5. The highest BCUT2D eigenvalue weighted by Crippen LogP contribution is 2.41. The Hall–Kier alpha value is -0.0800. The molecule has 1 rings (SSSR count). The van der Waals surface area contributed by atoms with Crippen LogP contribution in [-0.4, -0.2) is 19.0 Å². The van der Waals surface area contributed by atoms with Gasteiger partial charge in [-0.1, -0.05) is 181 Å². The van der Waals surface area contributed by atoms with Crippen LogP contribution in [0.2, 0.25) is 0 Å². The molecule has 1 saturated carbocycles. The van der Waals surface area contributed by atoms with E-state index in [4.69, 9.17) is 9.47 Å². The van der Waals surface area contributed by atoms with Gasteiger partial charge in [0.2, 0.25) is 0 Å². The molecule has 2 heteroatoms. The lowest BCUT2D eigenvalue weighted by Crippen LogP contribution is -2.20. The summed E-state index contributed by atoms with van der Waals surface area (Å²) in [5.41, 5.74) is 0. The summed E-state index contributed by atoms with van der Waals surface area (Å²) in [6, 6.07) is 0. The SMILES string of the molecule is CCCCCCCCCCCCCCCCOC1(OCCCCCCCCCCCCCCCC)CC1. The molecule has 0 unspecified atom stereocenters. The first-order chi connectivity index (χ1) is 18.3. The summed E-state index contributed by atoms with van der Waals surface area (Å²) >= 11 is 0. The Morgan fingerprint density at radius 1 is 0.324 bits per heavy atom. The molecule has 1 fully saturated rings. The Bertz CT molecular complexity index is 395. The Kier molecular flexibility index (Phi) is 26.0. The lowest BCUT2D eigenvalue weighted by atomic mass is 10.0. The van der Waals surface area contributed by atoms with Gasteiger partial charge in [-0.15, -0.1) is 0 Å². The van der Waals surface area contributed by atoms with E-state index in [0.29, 0.717) is 0 Å². The second kappa shape index (κ2) is 27.5. The maximum absolute atomic E-state index is 6.14. The monoisotopic (exact) mass is 523 g/mol. The summed E-state index contributed by atoms with van der Waals surface area (Å²) < 4.78 is 12.3. The van der Waals surface area contributed by atoms with Crippen LogP contribution in [0.1, 0.15) is 206 Å². The first-order valence-corrected chi connectivity index (χ1v) is 17.6. The van der Waals surface area contributed by atoms with Crippen molar-refractivity contribution in [2.45, 2.75) is 212 Å². The van der Waals surface area contributed by atoms with Gasteiger partial charge in [0.25, 0.3) is 0 Å². The van der Waals surface area contributed by atoms with Crippen LogP contribution in [0.15, 0.2) is 0 Å². The summed E-state index contributed by atoms with van der Waals surface area (Å²) in [6.07, 6.45) is 41.7. The zero-order valence-electron chi connectivity index (χ0n) is 25.9. The van der Waals surface area contributed by atoms with Gasteiger partial charge in [-0.3, -0.25) is 0 Å². The standard InChI is InChI=1S/C35H70O2/c1-3-5-7-9-11-13-15-17-19-21-23-25-27-29-33-36-35(31-32-35)37-34-30-28-26-24-22-20-18-16-14-12-10-8-6-4-2/h3-34H2,1-2H3. The summed E-state index contributed by atoms with van der Waals surface area (Å²) in [6.45, 7) is 6.40. The highest BCUT2D eigenvalue weighted by molar-refractivity contribution is 4.86. The normalized spacial score (nSPS) is 14.4. The molecule has 0 bridgehead atoms. The average molecular weight is 523 g/mol. The minimum atomic E-state index is -0.174. The van der Waals surface area contributed by atoms with E-state index < -0.39 is 0 Å². The van der Waals surface area contributed by atoms with Crippen LogP contribution in [0.25, 0.3) is 0 Å². The Morgan fingerprint density at radius 2 is 0.541 bits per heavy atom. The Balaban J connectivity index is 1.73. The number of hydrogen-bond donors (Lipinski definition) is 0. The molecule has 222 valence electrons. The summed E-state index contributed by atoms with van der Waals surface area (Å²) in [5, 5.41) is 0. The molecular weight excluding hydrogens is 452 g/mol. The number of unbranched alkanes of at least 4 members (excludes halogenated alkanes) is 26. The second-order valence-electron chi connectivity index (χ2n) is 12.3. The number of ether oxygens (including phenoxy) is 2. The van der Waals surface area contributed by atoms with Gasteiger partial charge in [-0.25, -0.2) is 0 Å². The highest BCUT2D eigenvalue weighted by atomic mass is 16.7. The van der Waals surface area contributed by atoms with E-state index in [2.05, 4.69) is 13.8 Å². The van der Waals surface area contributed by atoms with Crippen molar-refractivity contribution in [3.05, 3.63) is 0 Å². The molecule has 0 aromatic carbocycles. The van der Waals surface area contributed by atoms with Crippen LogP contribution in [0.3, 0.4) is 0 Å². The van der Waals surface area contributed by atoms with Gasteiger partial charge >= 0.3 is 0 Å². The van der Waals surface area contributed by atoms with Gasteiger partial charge in [0.1, 0.15) is 0 Å². The molecular formula is C35H70O2. The number of hydrogen-bond acceptors (Lipinski definition) is 2. The molecule has 0 aliphatic heterocycles. The molecule has 0 radical (unpaired) electrons. The largest absolute Gasteiger partial charge is 0.350 e. The molecule has 0 aromatic rings. The van der Waals surface area contributed by atoms with Crippen LogP contribution < -0.4 is 0 Å². The van der Waals surface area contributed by atoms with Crippen LogP contribution in [0.4, 0.5) is 0 Å². The van der Waals surface area contributed by atoms with Gasteiger partial charge in [-0.2, -0.15) is 0 Å². The smallest absolute Gasteiger partial charge is 0.168 e. The Labute approximate surface area is 234 Å². The van der Waals surface area contributed by atoms with Crippen molar-refractivity contribution in [2.75, 3.05) is 13.2 Å². The summed E-state index contributed by atoms with van der Waals surface area (Å²) in [4.78, 5) is 0. The Morgan fingerprint density at radius 3 is 0.757 bits per heavy atom. The van der Waals surface area contributed by atoms with Crippen molar-refractivity contribution in [1.82, 2.24) is 0 Å². The maximum atomic E-state index is 6.14. The lowest BCUT2D eigenvalue weighted by Gasteiger charge is -2.17. The second-order valence-corrected chi connectivity index (χ2v) is 12.3. The molecule has 0 amide bonds. The number of rotatable bonds is 32. The molecule has 0 N–H and O–H groups in total. The fourth-order valence-electron chi connectivity index (χ4n) is 5.54. The third-order valence-electron chi connectivity index (χ3n) is 8.38. The van der Waals surface area contributed by atoms with E-state index in [0.717, 1.165) is 26.1 Å². The molecule has 1 aliphatic rings. The quantitative estimate of drug-likeness (QED) is 0.0646. The van der Waals surface area contributed by atoms with E-state index in [1.54, 1.807) is 0 Å². The van der Waals surface area contributed by atoms with Crippen molar-refractivity contribution < 1.29 is 9.47 Å². The lowest BCUT2D eigenvalue weighted by molar-refractivity contribution is -0.168. The van der Waals surface area contributed by atoms with E-state index in [1.807, 2.05) is 0 Å². The minimum absolute atomic E-state index is 0.174.